The average molecular weight is 266 g/mol. The van der Waals surface area contributed by atoms with Crippen molar-refractivity contribution < 1.29 is 14.6 Å². The zero-order valence-electron chi connectivity index (χ0n) is 8.09. The third-order valence-electron chi connectivity index (χ3n) is 1.46. The summed E-state index contributed by atoms with van der Waals surface area (Å²) in [5.74, 6) is 0. The molecule has 1 amide bonds. The molecule has 4 nitrogen and oxygen atoms in total. The number of carbonyl (C=O) groups excluding carboxylic acids is 1. The number of halogens is 1. The highest BCUT2D eigenvalue weighted by Gasteiger charge is 2.01. The summed E-state index contributed by atoms with van der Waals surface area (Å²) in [6.45, 7) is 4.02. The van der Waals surface area contributed by atoms with E-state index in [4.69, 9.17) is 9.84 Å². The molecule has 0 fully saturated rings. The van der Waals surface area contributed by atoms with Crippen LogP contribution in [0.25, 0.3) is 0 Å². The number of ether oxygens (including phenoxy) is 1. The fourth-order valence-electron chi connectivity index (χ4n) is 0.674. The van der Waals surface area contributed by atoms with E-state index in [1.165, 1.54) is 0 Å². The molecule has 0 unspecified atom stereocenters. The van der Waals surface area contributed by atoms with Gasteiger partial charge in [0.1, 0.15) is 6.61 Å². The Bertz CT molecular complexity index is 185. The third kappa shape index (κ3) is 8.07. The number of alkyl halides is 1. The minimum absolute atomic E-state index is 0.0702. The van der Waals surface area contributed by atoms with Gasteiger partial charge < -0.3 is 15.2 Å². The number of nitrogens with one attached hydrogen (secondary N) is 1. The Labute approximate surface area is 92.5 Å². The molecular weight excluding hydrogens is 250 g/mol. The molecule has 0 atom stereocenters. The SMILES string of the molecule is C=C(CO)COC(=O)NCCCCBr. The van der Waals surface area contributed by atoms with Crippen LogP contribution in [0.2, 0.25) is 0 Å². The van der Waals surface area contributed by atoms with Gasteiger partial charge in [0.15, 0.2) is 0 Å². The van der Waals surface area contributed by atoms with Crippen LogP contribution in [0.5, 0.6) is 0 Å². The summed E-state index contributed by atoms with van der Waals surface area (Å²) in [6.07, 6.45) is 1.47. The summed E-state index contributed by atoms with van der Waals surface area (Å²) in [5, 5.41) is 12.1. The molecule has 5 heteroatoms. The first-order valence-corrected chi connectivity index (χ1v) is 5.57. The van der Waals surface area contributed by atoms with E-state index in [2.05, 4.69) is 27.8 Å². The lowest BCUT2D eigenvalue weighted by Crippen LogP contribution is -2.26. The van der Waals surface area contributed by atoms with Gasteiger partial charge in [-0.2, -0.15) is 0 Å². The molecule has 0 aromatic rings. The van der Waals surface area contributed by atoms with Crippen LogP contribution in [0.4, 0.5) is 4.79 Å². The van der Waals surface area contributed by atoms with Crippen LogP contribution in [-0.4, -0.2) is 36.3 Å². The average Bonchev–Trinajstić information content (AvgIpc) is 2.21. The third-order valence-corrected chi connectivity index (χ3v) is 2.02. The molecule has 0 bridgehead atoms. The number of hydrogen-bond acceptors (Lipinski definition) is 3. The van der Waals surface area contributed by atoms with Gasteiger partial charge >= 0.3 is 6.09 Å². The molecule has 0 aliphatic carbocycles. The number of carbonyl (C=O) groups is 1. The van der Waals surface area contributed by atoms with Crippen molar-refractivity contribution in [2.45, 2.75) is 12.8 Å². The molecule has 0 saturated heterocycles. The van der Waals surface area contributed by atoms with Crippen LogP contribution in [0.3, 0.4) is 0 Å². The van der Waals surface area contributed by atoms with Crippen molar-refractivity contribution in [2.75, 3.05) is 25.1 Å². The second-order valence-corrected chi connectivity index (χ2v) is 3.60. The van der Waals surface area contributed by atoms with Crippen molar-refractivity contribution in [1.29, 1.82) is 0 Å². The number of aliphatic hydroxyl groups is 1. The molecule has 2 N–H and O–H groups in total. The van der Waals surface area contributed by atoms with Crippen molar-refractivity contribution in [1.82, 2.24) is 5.32 Å². The van der Waals surface area contributed by atoms with Gasteiger partial charge in [-0.1, -0.05) is 22.5 Å². The predicted molar refractivity (Wildman–Crippen MR) is 58.6 cm³/mol. The lowest BCUT2D eigenvalue weighted by Gasteiger charge is -2.06. The summed E-state index contributed by atoms with van der Waals surface area (Å²) in [5.41, 5.74) is 0.487. The molecule has 0 radical (unpaired) electrons. The largest absolute Gasteiger partial charge is 0.445 e. The van der Waals surface area contributed by atoms with Crippen LogP contribution in [0.15, 0.2) is 12.2 Å². The predicted octanol–water partition coefficient (Wildman–Crippen LogP) is 1.44. The Morgan fingerprint density at radius 2 is 2.21 bits per heavy atom. The maximum atomic E-state index is 11.0. The lowest BCUT2D eigenvalue weighted by molar-refractivity contribution is 0.152. The van der Waals surface area contributed by atoms with E-state index in [-0.39, 0.29) is 13.2 Å². The molecule has 0 heterocycles. The Kier molecular flexibility index (Phi) is 8.67. The van der Waals surface area contributed by atoms with Gasteiger partial charge in [-0.3, -0.25) is 0 Å². The second-order valence-electron chi connectivity index (χ2n) is 2.81. The molecule has 0 aliphatic heterocycles. The van der Waals surface area contributed by atoms with E-state index in [0.717, 1.165) is 18.2 Å². The van der Waals surface area contributed by atoms with Crippen LogP contribution in [0.1, 0.15) is 12.8 Å². The molecular formula is C9H16BrNO3. The first-order chi connectivity index (χ1) is 6.70. The zero-order chi connectivity index (χ0) is 10.8. The van der Waals surface area contributed by atoms with Crippen molar-refractivity contribution >= 4 is 22.0 Å². The second kappa shape index (κ2) is 9.02. The van der Waals surface area contributed by atoms with E-state index < -0.39 is 6.09 Å². The Morgan fingerprint density at radius 3 is 2.79 bits per heavy atom. The number of rotatable bonds is 7. The summed E-state index contributed by atoms with van der Waals surface area (Å²) in [6, 6.07) is 0. The smallest absolute Gasteiger partial charge is 0.407 e. The molecule has 0 spiro atoms. The molecule has 0 saturated carbocycles. The van der Waals surface area contributed by atoms with Gasteiger partial charge in [-0.25, -0.2) is 4.79 Å². The molecule has 14 heavy (non-hydrogen) atoms. The highest BCUT2D eigenvalue weighted by molar-refractivity contribution is 9.09. The Morgan fingerprint density at radius 1 is 1.50 bits per heavy atom. The molecule has 82 valence electrons. The molecule has 0 aliphatic rings. The van der Waals surface area contributed by atoms with Gasteiger partial charge in [0.2, 0.25) is 0 Å². The van der Waals surface area contributed by atoms with Gasteiger partial charge in [0.25, 0.3) is 0 Å². The van der Waals surface area contributed by atoms with Crippen LogP contribution in [-0.2, 0) is 4.74 Å². The number of aliphatic hydroxyl groups excluding tert-OH is 1. The number of hydrogen-bond donors (Lipinski definition) is 2. The topological polar surface area (TPSA) is 58.6 Å². The number of alkyl carbamates (subject to hydrolysis) is 1. The van der Waals surface area contributed by atoms with E-state index in [1.54, 1.807) is 0 Å². The maximum Gasteiger partial charge on any atom is 0.407 e. The molecule has 0 rings (SSSR count). The Balaban J connectivity index is 3.32. The highest BCUT2D eigenvalue weighted by atomic mass is 79.9. The Hall–Kier alpha value is -0.550. The lowest BCUT2D eigenvalue weighted by atomic mass is 10.3. The first kappa shape index (κ1) is 13.4. The van der Waals surface area contributed by atoms with Gasteiger partial charge in [-0.15, -0.1) is 0 Å². The standard InChI is InChI=1S/C9H16BrNO3/c1-8(6-12)7-14-9(13)11-5-3-2-4-10/h12H,1-7H2,(H,11,13). The molecule has 0 aromatic heterocycles. The van der Waals surface area contributed by atoms with Gasteiger partial charge in [-0.05, 0) is 18.4 Å². The fourth-order valence-corrected chi connectivity index (χ4v) is 1.07. The normalized spacial score (nSPS) is 9.57. The summed E-state index contributed by atoms with van der Waals surface area (Å²) >= 11 is 3.29. The molecule has 0 aromatic carbocycles. The summed E-state index contributed by atoms with van der Waals surface area (Å²) in [7, 11) is 0. The van der Waals surface area contributed by atoms with Crippen molar-refractivity contribution in [3.05, 3.63) is 12.2 Å². The fraction of sp³-hybridized carbons (Fsp3) is 0.667. The minimum Gasteiger partial charge on any atom is -0.445 e. The zero-order valence-corrected chi connectivity index (χ0v) is 9.68. The van der Waals surface area contributed by atoms with Crippen molar-refractivity contribution in [3.8, 4) is 0 Å². The quantitative estimate of drug-likeness (QED) is 0.416. The van der Waals surface area contributed by atoms with E-state index in [0.29, 0.717) is 12.1 Å². The summed E-state index contributed by atoms with van der Waals surface area (Å²) < 4.78 is 4.75. The number of amides is 1. The van der Waals surface area contributed by atoms with Gasteiger partial charge in [0.05, 0.1) is 6.61 Å². The van der Waals surface area contributed by atoms with Crippen LogP contribution < -0.4 is 5.32 Å². The summed E-state index contributed by atoms with van der Waals surface area (Å²) in [4.78, 5) is 11.0. The van der Waals surface area contributed by atoms with Crippen molar-refractivity contribution in [3.63, 3.8) is 0 Å². The maximum absolute atomic E-state index is 11.0. The van der Waals surface area contributed by atoms with Crippen molar-refractivity contribution in [2.24, 2.45) is 0 Å². The van der Waals surface area contributed by atoms with Crippen LogP contribution >= 0.6 is 15.9 Å². The minimum atomic E-state index is -0.464. The van der Waals surface area contributed by atoms with Crippen LogP contribution in [0, 0.1) is 0 Å². The van der Waals surface area contributed by atoms with E-state index in [9.17, 15) is 4.79 Å². The van der Waals surface area contributed by atoms with E-state index >= 15 is 0 Å². The highest BCUT2D eigenvalue weighted by Crippen LogP contribution is 1.93. The first-order valence-electron chi connectivity index (χ1n) is 4.44. The van der Waals surface area contributed by atoms with E-state index in [1.807, 2.05) is 0 Å². The monoisotopic (exact) mass is 265 g/mol. The number of unbranched alkanes of at least 4 members (excludes halogenated alkanes) is 1. The van der Waals surface area contributed by atoms with Gasteiger partial charge in [0, 0.05) is 11.9 Å².